The molecule has 0 radical (unpaired) electrons. The molecule has 5 rings (SSSR count). The van der Waals surface area contributed by atoms with Crippen molar-refractivity contribution in [3.8, 4) is 0 Å². The monoisotopic (exact) mass is 493 g/mol. The lowest BCUT2D eigenvalue weighted by Gasteiger charge is -2.48. The van der Waals surface area contributed by atoms with Crippen LogP contribution in [0.25, 0.3) is 0 Å². The van der Waals surface area contributed by atoms with E-state index in [0.717, 1.165) is 37.2 Å². The zero-order valence-electron chi connectivity index (χ0n) is 18.3. The largest absolute Gasteiger partial charge is 0.351 e. The van der Waals surface area contributed by atoms with E-state index in [0.29, 0.717) is 48.8 Å². The summed E-state index contributed by atoms with van der Waals surface area (Å²) in [7, 11) is -2.82. The fourth-order valence-corrected chi connectivity index (χ4v) is 5.90. The lowest BCUT2D eigenvalue weighted by Crippen LogP contribution is -2.64. The molecule has 1 saturated carbocycles. The number of carbonyl (C=O) groups excluding carboxylic acids is 2. The van der Waals surface area contributed by atoms with Crippen LogP contribution in [0.5, 0.6) is 0 Å². The summed E-state index contributed by atoms with van der Waals surface area (Å²) in [4.78, 5) is 32.3. The van der Waals surface area contributed by atoms with Gasteiger partial charge in [-0.2, -0.15) is 0 Å². The quantitative estimate of drug-likeness (QED) is 0.449. The maximum atomic E-state index is 13.1. The highest BCUT2D eigenvalue weighted by Crippen LogP contribution is 2.48. The van der Waals surface area contributed by atoms with Gasteiger partial charge in [0.05, 0.1) is 11.4 Å². The Morgan fingerprint density at radius 1 is 1.12 bits per heavy atom. The Morgan fingerprint density at radius 2 is 1.82 bits per heavy atom. The summed E-state index contributed by atoms with van der Waals surface area (Å²) in [5.41, 5.74) is 1.43. The maximum absolute atomic E-state index is 13.1. The van der Waals surface area contributed by atoms with Crippen molar-refractivity contribution in [3.63, 3.8) is 0 Å². The molecule has 11 heteroatoms. The SMILES string of the molecule is C=CC(=O)N1CC(N2CCN(C(=O)CN3c4cc(C5CC5)c(Cl)cc4NC3[SH](=O)=O)CC2)C1. The smallest absolute Gasteiger partial charge is 0.246 e. The van der Waals surface area contributed by atoms with Gasteiger partial charge < -0.3 is 20.0 Å². The fraction of sp³-hybridized carbons (Fsp3) is 0.545. The average molecular weight is 494 g/mol. The van der Waals surface area contributed by atoms with Gasteiger partial charge in [-0.25, -0.2) is 8.42 Å². The van der Waals surface area contributed by atoms with Crippen LogP contribution in [0.1, 0.15) is 24.3 Å². The molecule has 0 bridgehead atoms. The molecule has 1 aliphatic carbocycles. The molecular formula is C22H28ClN5O4S. The average Bonchev–Trinajstić information content (AvgIpc) is 3.55. The van der Waals surface area contributed by atoms with Crippen LogP contribution in [0.15, 0.2) is 24.8 Å². The lowest BCUT2D eigenvalue weighted by atomic mass is 10.1. The second-order valence-electron chi connectivity index (χ2n) is 9.11. The molecule has 0 aromatic heterocycles. The number of carbonyl (C=O) groups is 2. The van der Waals surface area contributed by atoms with Crippen molar-refractivity contribution >= 4 is 45.5 Å². The van der Waals surface area contributed by atoms with Crippen molar-refractivity contribution in [2.45, 2.75) is 30.3 Å². The number of benzene rings is 1. The van der Waals surface area contributed by atoms with Crippen LogP contribution in [0.4, 0.5) is 11.4 Å². The third kappa shape index (κ3) is 4.31. The number of anilines is 2. The van der Waals surface area contributed by atoms with E-state index in [9.17, 15) is 18.0 Å². The van der Waals surface area contributed by atoms with Gasteiger partial charge in [-0.3, -0.25) is 14.5 Å². The van der Waals surface area contributed by atoms with Gasteiger partial charge in [0, 0.05) is 50.3 Å². The van der Waals surface area contributed by atoms with Gasteiger partial charge in [0.2, 0.25) is 17.3 Å². The van der Waals surface area contributed by atoms with Crippen molar-refractivity contribution in [2.75, 3.05) is 56.0 Å². The molecule has 4 aliphatic rings. The Morgan fingerprint density at radius 3 is 2.42 bits per heavy atom. The maximum Gasteiger partial charge on any atom is 0.246 e. The van der Waals surface area contributed by atoms with E-state index in [4.69, 9.17) is 11.6 Å². The van der Waals surface area contributed by atoms with E-state index in [1.807, 2.05) is 6.07 Å². The molecule has 178 valence electrons. The lowest BCUT2D eigenvalue weighted by molar-refractivity contribution is -0.135. The summed E-state index contributed by atoms with van der Waals surface area (Å²) in [5, 5.41) is 3.64. The molecular weight excluding hydrogens is 466 g/mol. The first-order valence-electron chi connectivity index (χ1n) is 11.3. The van der Waals surface area contributed by atoms with Crippen LogP contribution in [0.3, 0.4) is 0 Å². The number of fused-ring (bicyclic) bond motifs is 1. The Hall–Kier alpha value is -2.30. The summed E-state index contributed by atoms with van der Waals surface area (Å²) in [5.74, 6) is 0.279. The normalized spacial score (nSPS) is 23.3. The van der Waals surface area contributed by atoms with Gasteiger partial charge >= 0.3 is 0 Å². The Labute approximate surface area is 199 Å². The van der Waals surface area contributed by atoms with E-state index in [1.165, 1.54) is 6.08 Å². The molecule has 2 amide bonds. The van der Waals surface area contributed by atoms with Gasteiger partial charge in [0.1, 0.15) is 6.54 Å². The van der Waals surface area contributed by atoms with Crippen molar-refractivity contribution in [3.05, 3.63) is 35.4 Å². The summed E-state index contributed by atoms with van der Waals surface area (Å²) < 4.78 is 23.9. The number of hydrogen-bond donors (Lipinski definition) is 2. The molecule has 1 unspecified atom stereocenters. The highest BCUT2D eigenvalue weighted by atomic mass is 35.5. The zero-order chi connectivity index (χ0) is 23.3. The molecule has 3 fully saturated rings. The van der Waals surface area contributed by atoms with Crippen LogP contribution >= 0.6 is 11.6 Å². The minimum atomic E-state index is -2.82. The van der Waals surface area contributed by atoms with Gasteiger partial charge in [0.15, 0.2) is 10.7 Å². The standard InChI is InChI=1S/C22H28ClN5O4S/c1-2-20(29)27-11-15(12-27)25-5-7-26(8-6-25)21(30)13-28-19-9-16(14-3-4-14)17(23)10-18(19)24-22(28)33(31)32/h2,9-10,14-15,22,24,33H,1,3-8,11-13H2. The number of amides is 2. The van der Waals surface area contributed by atoms with E-state index in [2.05, 4.69) is 16.8 Å². The summed E-state index contributed by atoms with van der Waals surface area (Å²) in [6.45, 7) is 7.54. The fourth-order valence-electron chi connectivity index (χ4n) is 4.90. The van der Waals surface area contributed by atoms with E-state index < -0.39 is 16.2 Å². The molecule has 1 aromatic carbocycles. The first kappa shape index (κ1) is 22.5. The number of thiol groups is 1. The minimum absolute atomic E-state index is 0.00916. The third-order valence-electron chi connectivity index (χ3n) is 7.06. The van der Waals surface area contributed by atoms with E-state index in [1.54, 1.807) is 20.8 Å². The van der Waals surface area contributed by atoms with Crippen LogP contribution in [-0.2, 0) is 20.3 Å². The third-order valence-corrected chi connectivity index (χ3v) is 8.19. The molecule has 1 aromatic rings. The number of nitrogens with one attached hydrogen (secondary N) is 1. The highest BCUT2D eigenvalue weighted by molar-refractivity contribution is 7.73. The van der Waals surface area contributed by atoms with Gasteiger partial charge in [0.25, 0.3) is 0 Å². The highest BCUT2D eigenvalue weighted by Gasteiger charge is 2.38. The number of likely N-dealkylation sites (tertiary alicyclic amines) is 1. The predicted molar refractivity (Wildman–Crippen MR) is 127 cm³/mol. The second kappa shape index (κ2) is 8.81. The Bertz CT molecular complexity index is 1050. The van der Waals surface area contributed by atoms with Crippen molar-refractivity contribution < 1.29 is 18.0 Å². The molecule has 3 heterocycles. The molecule has 0 spiro atoms. The number of rotatable bonds is 6. The van der Waals surface area contributed by atoms with E-state index >= 15 is 0 Å². The van der Waals surface area contributed by atoms with Gasteiger partial charge in [-0.15, -0.1) is 0 Å². The van der Waals surface area contributed by atoms with Crippen molar-refractivity contribution in [1.29, 1.82) is 0 Å². The van der Waals surface area contributed by atoms with Gasteiger partial charge in [-0.05, 0) is 42.5 Å². The van der Waals surface area contributed by atoms with Crippen LogP contribution in [-0.4, -0.2) is 92.3 Å². The number of piperazine rings is 1. The minimum Gasteiger partial charge on any atom is -0.351 e. The van der Waals surface area contributed by atoms with Crippen molar-refractivity contribution in [1.82, 2.24) is 14.7 Å². The molecule has 3 aliphatic heterocycles. The van der Waals surface area contributed by atoms with E-state index in [-0.39, 0.29) is 18.4 Å². The molecule has 9 nitrogen and oxygen atoms in total. The summed E-state index contributed by atoms with van der Waals surface area (Å²) in [6.07, 6.45) is 3.49. The number of hydrogen-bond acceptors (Lipinski definition) is 7. The number of halogens is 1. The molecule has 33 heavy (non-hydrogen) atoms. The summed E-state index contributed by atoms with van der Waals surface area (Å²) in [6, 6.07) is 4.04. The van der Waals surface area contributed by atoms with Crippen LogP contribution < -0.4 is 10.2 Å². The molecule has 1 atom stereocenters. The Kier molecular flexibility index (Phi) is 6.00. The van der Waals surface area contributed by atoms with Crippen LogP contribution in [0.2, 0.25) is 5.02 Å². The first-order chi connectivity index (χ1) is 15.9. The second-order valence-corrected chi connectivity index (χ2v) is 10.6. The zero-order valence-corrected chi connectivity index (χ0v) is 19.9. The van der Waals surface area contributed by atoms with Gasteiger partial charge in [-0.1, -0.05) is 18.2 Å². The predicted octanol–water partition coefficient (Wildman–Crippen LogP) is 0.885. The first-order valence-corrected chi connectivity index (χ1v) is 12.9. The van der Waals surface area contributed by atoms with Crippen LogP contribution in [0, 0.1) is 0 Å². The van der Waals surface area contributed by atoms with Crippen molar-refractivity contribution in [2.24, 2.45) is 0 Å². The molecule has 1 N–H and O–H groups in total. The topological polar surface area (TPSA) is 93.3 Å². The summed E-state index contributed by atoms with van der Waals surface area (Å²) >= 11 is 6.42. The Balaban J connectivity index is 1.22. The molecule has 2 saturated heterocycles. The number of nitrogens with zero attached hydrogens (tertiary/aromatic N) is 4.